The molecule has 2 atom stereocenters. The molecule has 3 rings (SSSR count). The van der Waals surface area contributed by atoms with Crippen molar-refractivity contribution in [2.45, 2.75) is 50.7 Å². The first kappa shape index (κ1) is 31.3. The second kappa shape index (κ2) is 13.9. The molecule has 8 nitrogen and oxygen atoms in total. The van der Waals surface area contributed by atoms with Crippen LogP contribution >= 0.6 is 23.2 Å². The quantitative estimate of drug-likeness (QED) is 0.293. The van der Waals surface area contributed by atoms with Crippen molar-refractivity contribution >= 4 is 50.7 Å². The van der Waals surface area contributed by atoms with Crippen LogP contribution in [0.1, 0.15) is 32.8 Å². The molecule has 0 unspecified atom stereocenters. The Hall–Kier alpha value is -3.27. The summed E-state index contributed by atoms with van der Waals surface area (Å²) in [5.74, 6) is -0.753. The summed E-state index contributed by atoms with van der Waals surface area (Å²) in [4.78, 5) is 28.5. The summed E-state index contributed by atoms with van der Waals surface area (Å²) in [5.41, 5.74) is 0.772. The van der Waals surface area contributed by atoms with Gasteiger partial charge >= 0.3 is 0 Å². The predicted molar refractivity (Wildman–Crippen MR) is 158 cm³/mol. The minimum atomic E-state index is -4.26. The molecule has 0 radical (unpaired) electrons. The van der Waals surface area contributed by atoms with Crippen LogP contribution in [0.4, 0.5) is 5.69 Å². The van der Waals surface area contributed by atoms with Crippen LogP contribution in [0.3, 0.4) is 0 Å². The first-order valence-electron chi connectivity index (χ1n) is 12.7. The third-order valence-electron chi connectivity index (χ3n) is 6.43. The van der Waals surface area contributed by atoms with Crippen molar-refractivity contribution in [2.75, 3.05) is 18.0 Å². The molecule has 2 amide bonds. The van der Waals surface area contributed by atoms with E-state index in [4.69, 9.17) is 27.9 Å². The summed E-state index contributed by atoms with van der Waals surface area (Å²) in [6, 6.07) is 18.2. The number of rotatable bonds is 12. The van der Waals surface area contributed by atoms with Gasteiger partial charge in [-0.1, -0.05) is 60.5 Å². The van der Waals surface area contributed by atoms with Crippen molar-refractivity contribution in [1.82, 2.24) is 10.2 Å². The number of carbonyl (C=O) groups is 2. The largest absolute Gasteiger partial charge is 0.495 e. The van der Waals surface area contributed by atoms with Gasteiger partial charge in [0.15, 0.2) is 0 Å². The van der Waals surface area contributed by atoms with E-state index < -0.39 is 28.5 Å². The molecular weight excluding hydrogens is 573 g/mol. The van der Waals surface area contributed by atoms with Gasteiger partial charge in [0.1, 0.15) is 18.3 Å². The minimum Gasteiger partial charge on any atom is -0.495 e. The molecule has 214 valence electrons. The molecule has 0 saturated carbocycles. The number of amides is 2. The second-order valence-electron chi connectivity index (χ2n) is 9.29. The third-order valence-corrected chi connectivity index (χ3v) is 8.67. The minimum absolute atomic E-state index is 0.0196. The van der Waals surface area contributed by atoms with Crippen LogP contribution in [0.25, 0.3) is 0 Å². The van der Waals surface area contributed by atoms with Crippen LogP contribution in [0.15, 0.2) is 77.7 Å². The highest BCUT2D eigenvalue weighted by molar-refractivity contribution is 7.92. The van der Waals surface area contributed by atoms with E-state index in [0.29, 0.717) is 17.0 Å². The topological polar surface area (TPSA) is 96.0 Å². The zero-order valence-electron chi connectivity index (χ0n) is 22.8. The van der Waals surface area contributed by atoms with Crippen LogP contribution in [-0.2, 0) is 26.2 Å². The van der Waals surface area contributed by atoms with Crippen molar-refractivity contribution < 1.29 is 22.7 Å². The van der Waals surface area contributed by atoms with Crippen molar-refractivity contribution in [3.8, 4) is 5.75 Å². The Labute approximate surface area is 245 Å². The summed E-state index contributed by atoms with van der Waals surface area (Å²) in [6.07, 6.45) is 0.707. The number of hydrogen-bond acceptors (Lipinski definition) is 5. The van der Waals surface area contributed by atoms with Gasteiger partial charge in [-0.25, -0.2) is 8.42 Å². The monoisotopic (exact) mass is 605 g/mol. The van der Waals surface area contributed by atoms with Crippen molar-refractivity contribution in [2.24, 2.45) is 0 Å². The maximum Gasteiger partial charge on any atom is 0.264 e. The Morgan fingerprint density at radius 2 is 1.62 bits per heavy atom. The normalized spacial score (nSPS) is 12.8. The molecule has 0 saturated heterocycles. The Balaban J connectivity index is 2.08. The lowest BCUT2D eigenvalue weighted by molar-refractivity contribution is -0.139. The molecule has 0 aromatic heterocycles. The van der Waals surface area contributed by atoms with E-state index in [0.717, 1.165) is 4.31 Å². The van der Waals surface area contributed by atoms with Gasteiger partial charge in [-0.15, -0.1) is 0 Å². The molecular formula is C29H33Cl2N3O5S. The molecule has 0 heterocycles. The number of sulfonamides is 1. The number of methoxy groups -OCH3 is 1. The molecule has 0 spiro atoms. The molecule has 40 heavy (non-hydrogen) atoms. The van der Waals surface area contributed by atoms with Gasteiger partial charge in [0.05, 0.1) is 17.7 Å². The van der Waals surface area contributed by atoms with Crippen molar-refractivity contribution in [3.05, 3.63) is 88.4 Å². The lowest BCUT2D eigenvalue weighted by Gasteiger charge is -2.33. The molecule has 11 heteroatoms. The molecule has 0 aliphatic carbocycles. The second-order valence-corrected chi connectivity index (χ2v) is 12.0. The average Bonchev–Trinajstić information content (AvgIpc) is 2.94. The molecule has 1 N–H and O–H groups in total. The smallest absolute Gasteiger partial charge is 0.264 e. The summed E-state index contributed by atoms with van der Waals surface area (Å²) in [7, 11) is -2.86. The summed E-state index contributed by atoms with van der Waals surface area (Å²) >= 11 is 12.4. The Morgan fingerprint density at radius 3 is 2.25 bits per heavy atom. The van der Waals surface area contributed by atoms with Gasteiger partial charge in [-0.05, 0) is 68.3 Å². The highest BCUT2D eigenvalue weighted by atomic mass is 35.5. The summed E-state index contributed by atoms with van der Waals surface area (Å²) in [5, 5.41) is 3.63. The van der Waals surface area contributed by atoms with Gasteiger partial charge in [-0.2, -0.15) is 0 Å². The van der Waals surface area contributed by atoms with Gasteiger partial charge in [-0.3, -0.25) is 13.9 Å². The predicted octanol–water partition coefficient (Wildman–Crippen LogP) is 5.53. The van der Waals surface area contributed by atoms with E-state index in [9.17, 15) is 18.0 Å². The Bertz CT molecular complexity index is 1440. The van der Waals surface area contributed by atoms with E-state index in [2.05, 4.69) is 5.32 Å². The number of hydrogen-bond donors (Lipinski definition) is 1. The van der Waals surface area contributed by atoms with Gasteiger partial charge < -0.3 is 15.0 Å². The highest BCUT2D eigenvalue weighted by Gasteiger charge is 2.34. The molecule has 0 aliphatic heterocycles. The van der Waals surface area contributed by atoms with Crippen molar-refractivity contribution in [3.63, 3.8) is 0 Å². The fraction of sp³-hybridized carbons (Fsp3) is 0.310. The number of ether oxygens (including phenoxy) is 1. The lowest BCUT2D eigenvalue weighted by Crippen LogP contribution is -2.52. The SMILES string of the molecule is CC[C@H](C)NC(=O)[C@H](C)N(Cc1cccc(Cl)c1)C(=O)CN(c1cc(Cl)ccc1OC)S(=O)(=O)c1ccccc1. The number of nitrogens with zero attached hydrogens (tertiary/aromatic N) is 2. The third kappa shape index (κ3) is 7.68. The van der Waals surface area contributed by atoms with Crippen molar-refractivity contribution in [1.29, 1.82) is 0 Å². The number of nitrogens with one attached hydrogen (secondary N) is 1. The lowest BCUT2D eigenvalue weighted by atomic mass is 10.1. The first-order valence-corrected chi connectivity index (χ1v) is 14.9. The number of carbonyl (C=O) groups excluding carboxylic acids is 2. The van der Waals surface area contributed by atoms with Crippen LogP contribution in [0.2, 0.25) is 10.0 Å². The maximum absolute atomic E-state index is 14.0. The molecule has 3 aromatic carbocycles. The van der Waals surface area contributed by atoms with E-state index in [-0.39, 0.29) is 39.8 Å². The standard InChI is InChI=1S/C29H33Cl2N3O5S/c1-5-20(2)32-29(36)21(3)33(18-22-10-9-11-23(30)16-22)28(35)19-34(26-17-24(31)14-15-27(26)39-4)40(37,38)25-12-7-6-8-13-25/h6-17,20-21H,5,18-19H2,1-4H3,(H,32,36)/t20-,21-/m0/s1. The highest BCUT2D eigenvalue weighted by Crippen LogP contribution is 2.35. The van der Waals surface area contributed by atoms with Crippen LogP contribution in [-0.4, -0.2) is 50.9 Å². The van der Waals surface area contributed by atoms with E-state index in [1.165, 1.54) is 36.3 Å². The van der Waals surface area contributed by atoms with Gasteiger partial charge in [0.25, 0.3) is 10.0 Å². The Morgan fingerprint density at radius 1 is 0.950 bits per heavy atom. The fourth-order valence-corrected chi connectivity index (χ4v) is 5.79. The van der Waals surface area contributed by atoms with E-state index in [1.54, 1.807) is 55.5 Å². The fourth-order valence-electron chi connectivity index (χ4n) is 3.97. The molecule has 3 aromatic rings. The van der Waals surface area contributed by atoms with Gasteiger partial charge in [0, 0.05) is 22.6 Å². The van der Waals surface area contributed by atoms with Gasteiger partial charge in [0.2, 0.25) is 11.8 Å². The zero-order chi connectivity index (χ0) is 29.4. The maximum atomic E-state index is 14.0. The number of halogens is 2. The van der Waals surface area contributed by atoms with Crippen LogP contribution in [0, 0.1) is 0 Å². The number of anilines is 1. The molecule has 0 fully saturated rings. The van der Waals surface area contributed by atoms with Crippen LogP contribution in [0.5, 0.6) is 5.75 Å². The molecule has 0 aliphatic rings. The van der Waals surface area contributed by atoms with E-state index in [1.807, 2.05) is 13.8 Å². The summed E-state index contributed by atoms with van der Waals surface area (Å²) in [6.45, 7) is 4.83. The summed E-state index contributed by atoms with van der Waals surface area (Å²) < 4.78 is 34.2. The Kier molecular flexibility index (Phi) is 10.8. The van der Waals surface area contributed by atoms with E-state index >= 15 is 0 Å². The molecule has 0 bridgehead atoms. The average molecular weight is 607 g/mol. The number of benzene rings is 3. The first-order chi connectivity index (χ1) is 19.0. The zero-order valence-corrected chi connectivity index (χ0v) is 25.1. The van der Waals surface area contributed by atoms with Crippen LogP contribution < -0.4 is 14.4 Å².